The number of benzene rings is 2. The Labute approximate surface area is 194 Å². The lowest BCUT2D eigenvalue weighted by Gasteiger charge is -2.27. The molecule has 0 atom stereocenters. The van der Waals surface area contributed by atoms with Crippen LogP contribution in [-0.4, -0.2) is 31.8 Å². The monoisotopic (exact) mass is 469 g/mol. The molecule has 174 valence electrons. The summed E-state index contributed by atoms with van der Waals surface area (Å²) in [5.41, 5.74) is 2.33. The summed E-state index contributed by atoms with van der Waals surface area (Å²) in [6.07, 6.45) is 3.16. The maximum Gasteiger partial charge on any atom is 0.251 e. The number of aliphatic hydroxyl groups is 1. The van der Waals surface area contributed by atoms with Gasteiger partial charge >= 0.3 is 0 Å². The van der Waals surface area contributed by atoms with Crippen LogP contribution >= 0.6 is 0 Å². The van der Waals surface area contributed by atoms with Gasteiger partial charge in [0.15, 0.2) is 6.20 Å². The molecule has 5 N–H and O–H groups in total. The Morgan fingerprint density at radius 3 is 2.52 bits per heavy atom. The maximum absolute atomic E-state index is 13.0. The number of carbonyl (C=O) groups is 1. The van der Waals surface area contributed by atoms with E-state index in [1.807, 2.05) is 44.2 Å². The van der Waals surface area contributed by atoms with Crippen LogP contribution in [0.15, 0.2) is 73.1 Å². The largest absolute Gasteiger partial charge is 0.396 e. The van der Waals surface area contributed by atoms with Gasteiger partial charge in [0, 0.05) is 23.8 Å². The summed E-state index contributed by atoms with van der Waals surface area (Å²) in [5.74, 6) is 5.33. The van der Waals surface area contributed by atoms with Crippen LogP contribution in [0.1, 0.15) is 36.2 Å². The summed E-state index contributed by atoms with van der Waals surface area (Å²) < 4.78 is 28.5. The quantitative estimate of drug-likeness (QED) is 0.282. The molecule has 1 heterocycles. The molecular weight excluding hydrogens is 440 g/mol. The lowest BCUT2D eigenvalue weighted by atomic mass is 9.93. The van der Waals surface area contributed by atoms with Crippen molar-refractivity contribution in [3.05, 3.63) is 84.2 Å². The molecule has 0 radical (unpaired) electrons. The second kappa shape index (κ2) is 10.0. The molecule has 1 amide bonds. The number of pyridine rings is 1. The second-order valence-electron chi connectivity index (χ2n) is 8.24. The van der Waals surface area contributed by atoms with Gasteiger partial charge in [-0.25, -0.2) is 14.3 Å². The number of nitrogens with zero attached hydrogens (tertiary/aromatic N) is 1. The number of nitrogen functional groups attached to an aromatic ring is 1. The number of hydrogen-bond acceptors (Lipinski definition) is 5. The lowest BCUT2D eigenvalue weighted by molar-refractivity contribution is -0.638. The number of nitrogens with one attached hydrogen (secondary N) is 2. The van der Waals surface area contributed by atoms with Gasteiger partial charge in [-0.15, -0.1) is 0 Å². The number of anilines is 1. The van der Waals surface area contributed by atoms with E-state index >= 15 is 0 Å². The van der Waals surface area contributed by atoms with Crippen LogP contribution in [0.25, 0.3) is 11.1 Å². The van der Waals surface area contributed by atoms with Crippen molar-refractivity contribution in [2.24, 2.45) is 0 Å². The first-order valence-electron chi connectivity index (χ1n) is 10.5. The van der Waals surface area contributed by atoms with E-state index in [4.69, 9.17) is 10.9 Å². The van der Waals surface area contributed by atoms with Gasteiger partial charge in [-0.05, 0) is 43.5 Å². The topological polar surface area (TPSA) is 125 Å². The van der Waals surface area contributed by atoms with Crippen molar-refractivity contribution in [3.8, 4) is 11.1 Å². The first-order valence-corrected chi connectivity index (χ1v) is 12.2. The molecule has 0 spiro atoms. The average Bonchev–Trinajstić information content (AvgIpc) is 2.78. The van der Waals surface area contributed by atoms with Gasteiger partial charge in [-0.1, -0.05) is 47.1 Å². The smallest absolute Gasteiger partial charge is 0.251 e. The Kier molecular flexibility index (Phi) is 7.35. The van der Waals surface area contributed by atoms with Gasteiger partial charge in [0.1, 0.15) is 5.69 Å². The van der Waals surface area contributed by atoms with Crippen molar-refractivity contribution < 1.29 is 23.0 Å². The van der Waals surface area contributed by atoms with E-state index in [-0.39, 0.29) is 30.4 Å². The van der Waals surface area contributed by atoms with Gasteiger partial charge in [-0.2, -0.15) is 0 Å². The molecule has 8 nitrogen and oxygen atoms in total. The number of nitrogens with two attached hydrogens (primary N) is 1. The van der Waals surface area contributed by atoms with Gasteiger partial charge in [0.25, 0.3) is 5.91 Å². The zero-order valence-corrected chi connectivity index (χ0v) is 19.5. The third-order valence-electron chi connectivity index (χ3n) is 5.18. The molecule has 0 unspecified atom stereocenters. The van der Waals surface area contributed by atoms with Crippen molar-refractivity contribution in [3.63, 3.8) is 0 Å². The predicted molar refractivity (Wildman–Crippen MR) is 128 cm³/mol. The molecule has 1 aromatic heterocycles. The summed E-state index contributed by atoms with van der Waals surface area (Å²) in [6, 6.07) is 18.3. The number of amides is 1. The first kappa shape index (κ1) is 24.2. The van der Waals surface area contributed by atoms with Crippen LogP contribution in [0.2, 0.25) is 0 Å². The maximum atomic E-state index is 13.0. The molecule has 3 rings (SSSR count). The number of carbonyl (C=O) groups excluding carboxylic acids is 1. The fourth-order valence-electron chi connectivity index (χ4n) is 3.43. The van der Waals surface area contributed by atoms with Crippen molar-refractivity contribution in [1.29, 1.82) is 0 Å². The molecule has 0 bridgehead atoms. The van der Waals surface area contributed by atoms with E-state index in [0.29, 0.717) is 16.7 Å². The second-order valence-corrected chi connectivity index (χ2v) is 10.1. The summed E-state index contributed by atoms with van der Waals surface area (Å²) >= 11 is 0. The van der Waals surface area contributed by atoms with Crippen molar-refractivity contribution in [2.45, 2.75) is 25.8 Å². The van der Waals surface area contributed by atoms with E-state index in [1.54, 1.807) is 36.5 Å². The van der Waals surface area contributed by atoms with E-state index in [1.165, 1.54) is 10.9 Å². The number of hydrogen-bond donors (Lipinski definition) is 4. The predicted octanol–water partition coefficient (Wildman–Crippen LogP) is 2.14. The van der Waals surface area contributed by atoms with Crippen LogP contribution in [-0.2, 0) is 15.6 Å². The highest BCUT2D eigenvalue weighted by Crippen LogP contribution is 2.28. The van der Waals surface area contributed by atoms with Crippen LogP contribution in [0.3, 0.4) is 0 Å². The third-order valence-corrected chi connectivity index (χ3v) is 6.53. The number of sulfonamides is 1. The zero-order chi connectivity index (χ0) is 24.1. The summed E-state index contributed by atoms with van der Waals surface area (Å²) in [4.78, 5) is 13.0. The average molecular weight is 470 g/mol. The highest BCUT2D eigenvalue weighted by molar-refractivity contribution is 7.92. The van der Waals surface area contributed by atoms with Crippen molar-refractivity contribution in [2.75, 3.05) is 22.9 Å². The lowest BCUT2D eigenvalue weighted by Crippen LogP contribution is -2.43. The van der Waals surface area contributed by atoms with Crippen LogP contribution < -0.4 is 20.6 Å². The minimum atomic E-state index is -3.68. The molecule has 33 heavy (non-hydrogen) atoms. The molecule has 0 saturated heterocycles. The van der Waals surface area contributed by atoms with Gasteiger partial charge in [0.2, 0.25) is 16.2 Å². The molecule has 3 aromatic rings. The molecule has 9 heteroatoms. The Morgan fingerprint density at radius 1 is 1.09 bits per heavy atom. The van der Waals surface area contributed by atoms with Crippen molar-refractivity contribution in [1.82, 2.24) is 5.32 Å². The van der Waals surface area contributed by atoms with E-state index in [9.17, 15) is 13.2 Å². The van der Waals surface area contributed by atoms with E-state index in [0.717, 1.165) is 5.56 Å². The minimum Gasteiger partial charge on any atom is -0.396 e. The molecule has 0 aliphatic rings. The van der Waals surface area contributed by atoms with Crippen molar-refractivity contribution >= 4 is 21.6 Å². The van der Waals surface area contributed by atoms with Gasteiger partial charge in [0.05, 0.1) is 11.3 Å². The summed E-state index contributed by atoms with van der Waals surface area (Å²) in [6.45, 7) is 3.64. The van der Waals surface area contributed by atoms with E-state index < -0.39 is 15.6 Å². The zero-order valence-electron chi connectivity index (χ0n) is 18.7. The Morgan fingerprint density at radius 2 is 1.82 bits per heavy atom. The standard InChI is InChI=1S/C24H28N4O4S/c1-24(2,20-10-4-3-5-11-20)26-23(30)19-9-6-8-18(16-19)21-12-13-28(25)17-22(21)27-33(31,32)15-7-14-29/h3-6,8-13,16-17,27,29H,7,14-15,25H2,1-2H3/p+1. The fourth-order valence-corrected chi connectivity index (χ4v) is 4.54. The number of rotatable bonds is 9. The van der Waals surface area contributed by atoms with E-state index in [2.05, 4.69) is 10.0 Å². The number of aromatic nitrogens is 1. The van der Waals surface area contributed by atoms with Gasteiger partial charge in [-0.3, -0.25) is 9.52 Å². The summed E-state index contributed by atoms with van der Waals surface area (Å²) in [5, 5.41) is 12.0. The Hall–Kier alpha value is -3.43. The van der Waals surface area contributed by atoms with Crippen LogP contribution in [0, 0.1) is 0 Å². The molecule has 0 saturated carbocycles. The normalized spacial score (nSPS) is 11.7. The minimum absolute atomic E-state index is 0.118. The van der Waals surface area contributed by atoms with Crippen LogP contribution in [0.4, 0.5) is 5.69 Å². The Bertz CT molecular complexity index is 1230. The molecule has 0 aliphatic heterocycles. The summed E-state index contributed by atoms with van der Waals surface area (Å²) in [7, 11) is -3.68. The Balaban J connectivity index is 1.90. The molecule has 2 aromatic carbocycles. The highest BCUT2D eigenvalue weighted by atomic mass is 32.2. The highest BCUT2D eigenvalue weighted by Gasteiger charge is 2.24. The van der Waals surface area contributed by atoms with Gasteiger partial charge < -0.3 is 10.4 Å². The number of aliphatic hydroxyl groups excluding tert-OH is 1. The molecular formula is C24H29N4O4S+. The van der Waals surface area contributed by atoms with Crippen LogP contribution in [0.5, 0.6) is 0 Å². The molecule has 0 aliphatic carbocycles. The SMILES string of the molecule is CC(C)(NC(=O)c1cccc(-c2cc[n+](N)cc2NS(=O)(=O)CCCO)c1)c1ccccc1. The molecule has 0 fully saturated rings. The third kappa shape index (κ3) is 6.30. The fraction of sp³-hybridized carbons (Fsp3) is 0.250. The first-order chi connectivity index (χ1) is 15.6.